The van der Waals surface area contributed by atoms with Gasteiger partial charge in [-0.1, -0.05) is 13.3 Å². The van der Waals surface area contributed by atoms with Gasteiger partial charge in [0.15, 0.2) is 0 Å². The van der Waals surface area contributed by atoms with E-state index in [0.29, 0.717) is 6.42 Å². The number of hydrogen-bond acceptors (Lipinski definition) is 3. The molecule has 1 amide bonds. The number of carbonyl (C=O) groups excluding carboxylic acids is 1. The van der Waals surface area contributed by atoms with Crippen LogP contribution in [0.1, 0.15) is 33.6 Å². The minimum Gasteiger partial charge on any atom is -0.481 e. The third-order valence-corrected chi connectivity index (χ3v) is 2.08. The van der Waals surface area contributed by atoms with Crippen LogP contribution in [0, 0.1) is 5.92 Å². The van der Waals surface area contributed by atoms with E-state index >= 15 is 0 Å². The van der Waals surface area contributed by atoms with Crippen molar-refractivity contribution in [2.75, 3.05) is 6.54 Å². The fourth-order valence-corrected chi connectivity index (χ4v) is 1.11. The van der Waals surface area contributed by atoms with Crippen molar-refractivity contribution in [3.63, 3.8) is 0 Å². The Labute approximate surface area is 90.0 Å². The van der Waals surface area contributed by atoms with Crippen molar-refractivity contribution in [2.45, 2.75) is 39.2 Å². The van der Waals surface area contributed by atoms with Gasteiger partial charge in [-0.25, -0.2) is 0 Å². The molecule has 0 aromatic carbocycles. The Morgan fingerprint density at radius 2 is 2.00 bits per heavy atom. The molecule has 88 valence electrons. The molecule has 1 atom stereocenters. The average molecular weight is 216 g/mol. The molecule has 0 aromatic heterocycles. The number of carboxylic acid groups (broad SMARTS) is 1. The zero-order chi connectivity index (χ0) is 12.1. The van der Waals surface area contributed by atoms with Crippen molar-refractivity contribution in [1.29, 1.82) is 0 Å². The highest BCUT2D eigenvalue weighted by molar-refractivity contribution is 5.85. The van der Waals surface area contributed by atoms with Gasteiger partial charge in [0, 0.05) is 6.54 Å². The fourth-order valence-electron chi connectivity index (χ4n) is 1.11. The number of hydrogen-bond donors (Lipinski definition) is 3. The minimum absolute atomic E-state index is 0.142. The molecule has 0 saturated heterocycles. The molecule has 0 aliphatic rings. The van der Waals surface area contributed by atoms with Crippen LogP contribution in [0.3, 0.4) is 0 Å². The number of nitrogens with two attached hydrogens (primary N) is 1. The molecule has 0 saturated carbocycles. The van der Waals surface area contributed by atoms with Crippen molar-refractivity contribution in [1.82, 2.24) is 5.32 Å². The highest BCUT2D eigenvalue weighted by atomic mass is 16.4. The lowest BCUT2D eigenvalue weighted by atomic mass is 10.0. The predicted molar refractivity (Wildman–Crippen MR) is 57.3 cm³/mol. The van der Waals surface area contributed by atoms with Crippen LogP contribution >= 0.6 is 0 Å². The molecule has 0 fully saturated rings. The highest BCUT2D eigenvalue weighted by Gasteiger charge is 2.24. The second kappa shape index (κ2) is 5.70. The largest absolute Gasteiger partial charge is 0.481 e. The van der Waals surface area contributed by atoms with Crippen molar-refractivity contribution in [3.8, 4) is 0 Å². The number of nitrogens with one attached hydrogen (secondary N) is 1. The Balaban J connectivity index is 4.11. The molecular formula is C10H20N2O3. The number of amides is 1. The lowest BCUT2D eigenvalue weighted by Gasteiger charge is -2.19. The van der Waals surface area contributed by atoms with Gasteiger partial charge in [0.2, 0.25) is 5.91 Å². The van der Waals surface area contributed by atoms with E-state index in [2.05, 4.69) is 5.32 Å². The van der Waals surface area contributed by atoms with E-state index in [1.54, 1.807) is 13.8 Å². The summed E-state index contributed by atoms with van der Waals surface area (Å²) in [6, 6.07) is 0. The number of rotatable bonds is 6. The summed E-state index contributed by atoms with van der Waals surface area (Å²) >= 11 is 0. The van der Waals surface area contributed by atoms with E-state index in [-0.39, 0.29) is 12.5 Å². The zero-order valence-electron chi connectivity index (χ0n) is 9.54. The van der Waals surface area contributed by atoms with Gasteiger partial charge in [0.1, 0.15) is 0 Å². The van der Waals surface area contributed by atoms with Crippen LogP contribution in [0.25, 0.3) is 0 Å². The molecule has 0 bridgehead atoms. The monoisotopic (exact) mass is 216 g/mol. The summed E-state index contributed by atoms with van der Waals surface area (Å²) in [5.74, 6) is -1.74. The minimum atomic E-state index is -0.963. The maximum absolute atomic E-state index is 11.4. The van der Waals surface area contributed by atoms with Gasteiger partial charge in [-0.3, -0.25) is 9.59 Å². The summed E-state index contributed by atoms with van der Waals surface area (Å²) in [5.41, 5.74) is 4.59. The molecular weight excluding hydrogens is 196 g/mol. The first-order valence-corrected chi connectivity index (χ1v) is 5.09. The summed E-state index contributed by atoms with van der Waals surface area (Å²) in [7, 11) is 0. The summed E-state index contributed by atoms with van der Waals surface area (Å²) < 4.78 is 0. The molecule has 0 rings (SSSR count). The first-order chi connectivity index (χ1) is 6.79. The smallest absolute Gasteiger partial charge is 0.308 e. The van der Waals surface area contributed by atoms with Crippen LogP contribution in [-0.2, 0) is 9.59 Å². The number of carboxylic acids is 1. The van der Waals surface area contributed by atoms with E-state index in [0.717, 1.165) is 6.42 Å². The summed E-state index contributed by atoms with van der Waals surface area (Å²) in [6.45, 7) is 5.21. The first-order valence-electron chi connectivity index (χ1n) is 5.09. The SMILES string of the molecule is CCCC(CNC(=O)C(C)(C)N)C(=O)O. The second-order valence-corrected chi connectivity index (χ2v) is 4.26. The van der Waals surface area contributed by atoms with Gasteiger partial charge in [0.25, 0.3) is 0 Å². The molecule has 5 heteroatoms. The molecule has 0 radical (unpaired) electrons. The highest BCUT2D eigenvalue weighted by Crippen LogP contribution is 2.06. The van der Waals surface area contributed by atoms with E-state index in [1.165, 1.54) is 0 Å². The number of carbonyl (C=O) groups is 2. The number of aliphatic carboxylic acids is 1. The van der Waals surface area contributed by atoms with Crippen molar-refractivity contribution >= 4 is 11.9 Å². The van der Waals surface area contributed by atoms with Crippen molar-refractivity contribution < 1.29 is 14.7 Å². The van der Waals surface area contributed by atoms with E-state index < -0.39 is 17.4 Å². The molecule has 15 heavy (non-hydrogen) atoms. The fraction of sp³-hybridized carbons (Fsp3) is 0.800. The Morgan fingerprint density at radius 1 is 1.47 bits per heavy atom. The van der Waals surface area contributed by atoms with Crippen LogP contribution in [0.2, 0.25) is 0 Å². The van der Waals surface area contributed by atoms with Crippen LogP contribution in [0.4, 0.5) is 0 Å². The first kappa shape index (κ1) is 13.9. The standard InChI is InChI=1S/C10H20N2O3/c1-4-5-7(8(13)14)6-12-9(15)10(2,3)11/h7H,4-6,11H2,1-3H3,(H,12,15)(H,13,14). The molecule has 0 aliphatic carbocycles. The third kappa shape index (κ3) is 5.37. The van der Waals surface area contributed by atoms with Crippen LogP contribution in [0.15, 0.2) is 0 Å². The lowest BCUT2D eigenvalue weighted by molar-refractivity contribution is -0.142. The zero-order valence-corrected chi connectivity index (χ0v) is 9.54. The Bertz CT molecular complexity index is 233. The average Bonchev–Trinajstić information content (AvgIpc) is 2.09. The summed E-state index contributed by atoms with van der Waals surface area (Å²) in [6.07, 6.45) is 1.33. The van der Waals surface area contributed by atoms with Gasteiger partial charge in [0.05, 0.1) is 11.5 Å². The topological polar surface area (TPSA) is 92.4 Å². The van der Waals surface area contributed by atoms with Gasteiger partial charge in [-0.15, -0.1) is 0 Å². The maximum Gasteiger partial charge on any atom is 0.308 e. The van der Waals surface area contributed by atoms with Crippen LogP contribution in [-0.4, -0.2) is 29.1 Å². The van der Waals surface area contributed by atoms with Crippen molar-refractivity contribution in [2.24, 2.45) is 11.7 Å². The predicted octanol–water partition coefficient (Wildman–Crippen LogP) is 0.341. The molecule has 0 heterocycles. The van der Waals surface area contributed by atoms with Gasteiger partial charge in [-0.2, -0.15) is 0 Å². The third-order valence-electron chi connectivity index (χ3n) is 2.08. The molecule has 0 aliphatic heterocycles. The van der Waals surface area contributed by atoms with Crippen molar-refractivity contribution in [3.05, 3.63) is 0 Å². The normalized spacial score (nSPS) is 13.3. The van der Waals surface area contributed by atoms with Crippen LogP contribution < -0.4 is 11.1 Å². The second-order valence-electron chi connectivity index (χ2n) is 4.26. The Hall–Kier alpha value is -1.10. The maximum atomic E-state index is 11.4. The lowest BCUT2D eigenvalue weighted by Crippen LogP contribution is -2.50. The molecule has 5 nitrogen and oxygen atoms in total. The van der Waals surface area contributed by atoms with E-state index in [4.69, 9.17) is 10.8 Å². The van der Waals surface area contributed by atoms with E-state index in [9.17, 15) is 9.59 Å². The van der Waals surface area contributed by atoms with Gasteiger partial charge in [-0.05, 0) is 20.3 Å². The summed E-state index contributed by atoms with van der Waals surface area (Å²) in [5, 5.41) is 11.4. The molecule has 1 unspecified atom stereocenters. The molecule has 4 N–H and O–H groups in total. The van der Waals surface area contributed by atoms with Crippen LogP contribution in [0.5, 0.6) is 0 Å². The molecule has 0 aromatic rings. The molecule has 0 spiro atoms. The Kier molecular flexibility index (Phi) is 5.28. The van der Waals surface area contributed by atoms with E-state index in [1.807, 2.05) is 6.92 Å². The quantitative estimate of drug-likeness (QED) is 0.597. The van der Waals surface area contributed by atoms with Gasteiger partial charge >= 0.3 is 5.97 Å². The Morgan fingerprint density at radius 3 is 2.33 bits per heavy atom. The van der Waals surface area contributed by atoms with Gasteiger partial charge < -0.3 is 16.2 Å². The summed E-state index contributed by atoms with van der Waals surface area (Å²) in [4.78, 5) is 22.1.